The lowest BCUT2D eigenvalue weighted by Gasteiger charge is -2.21. The molecule has 0 heterocycles. The molecule has 0 spiro atoms. The van der Waals surface area contributed by atoms with E-state index in [4.69, 9.17) is 0 Å². The van der Waals surface area contributed by atoms with Crippen LogP contribution in [-0.4, -0.2) is 6.21 Å². The van der Waals surface area contributed by atoms with Gasteiger partial charge in [0.05, 0.1) is 0 Å². The van der Waals surface area contributed by atoms with Crippen LogP contribution in [-0.2, 0) is 0 Å². The zero-order valence-corrected chi connectivity index (χ0v) is 9.09. The topological polar surface area (TPSA) is 12.4 Å². The second kappa shape index (κ2) is 4.80. The van der Waals surface area contributed by atoms with E-state index in [9.17, 15) is 0 Å². The standard InChI is InChI=1S/C12H19N/c1-7-11(12(4,5)6)10(3)9-13-8-2/h7-9H,1-2H2,3-6H3/b11-10+,13-9?. The van der Waals surface area contributed by atoms with Crippen LogP contribution in [0.15, 0.2) is 41.6 Å². The second-order valence-corrected chi connectivity index (χ2v) is 4.01. The molecule has 0 saturated carbocycles. The minimum Gasteiger partial charge on any atom is -0.265 e. The molecule has 0 atom stereocenters. The molecular weight excluding hydrogens is 158 g/mol. The second-order valence-electron chi connectivity index (χ2n) is 4.01. The van der Waals surface area contributed by atoms with Gasteiger partial charge in [0.2, 0.25) is 0 Å². The van der Waals surface area contributed by atoms with E-state index in [1.165, 1.54) is 11.8 Å². The Kier molecular flexibility index (Phi) is 4.39. The molecule has 0 saturated heterocycles. The van der Waals surface area contributed by atoms with Crippen LogP contribution >= 0.6 is 0 Å². The lowest BCUT2D eigenvalue weighted by atomic mass is 9.84. The van der Waals surface area contributed by atoms with Crippen molar-refractivity contribution in [3.63, 3.8) is 0 Å². The summed E-state index contributed by atoms with van der Waals surface area (Å²) < 4.78 is 0. The quantitative estimate of drug-likeness (QED) is 0.460. The molecule has 0 amide bonds. The molecule has 0 rings (SSSR count). The molecule has 0 aromatic carbocycles. The molecule has 0 N–H and O–H groups in total. The normalized spacial score (nSPS) is 14.2. The van der Waals surface area contributed by atoms with Crippen molar-refractivity contribution in [3.8, 4) is 0 Å². The van der Waals surface area contributed by atoms with Gasteiger partial charge in [-0.1, -0.05) is 40.0 Å². The molecule has 0 bridgehead atoms. The summed E-state index contributed by atoms with van der Waals surface area (Å²) in [7, 11) is 0. The van der Waals surface area contributed by atoms with Gasteiger partial charge in [0.1, 0.15) is 0 Å². The molecule has 0 aliphatic heterocycles. The summed E-state index contributed by atoms with van der Waals surface area (Å²) in [5.41, 5.74) is 2.49. The van der Waals surface area contributed by atoms with Crippen molar-refractivity contribution in [1.82, 2.24) is 0 Å². The van der Waals surface area contributed by atoms with Gasteiger partial charge in [-0.25, -0.2) is 0 Å². The van der Waals surface area contributed by atoms with Crippen LogP contribution in [0, 0.1) is 5.41 Å². The van der Waals surface area contributed by atoms with Gasteiger partial charge < -0.3 is 0 Å². The fourth-order valence-corrected chi connectivity index (χ4v) is 1.29. The number of allylic oxidation sites excluding steroid dienone is 3. The Labute approximate surface area is 81.6 Å². The van der Waals surface area contributed by atoms with Crippen molar-refractivity contribution < 1.29 is 0 Å². The predicted molar refractivity (Wildman–Crippen MR) is 61.0 cm³/mol. The van der Waals surface area contributed by atoms with Crippen molar-refractivity contribution in [2.24, 2.45) is 10.4 Å². The summed E-state index contributed by atoms with van der Waals surface area (Å²) in [6, 6.07) is 0. The Morgan fingerprint density at radius 2 is 1.77 bits per heavy atom. The van der Waals surface area contributed by atoms with Gasteiger partial charge in [-0.2, -0.15) is 0 Å². The molecule has 0 aromatic rings. The number of hydrogen-bond donors (Lipinski definition) is 0. The van der Waals surface area contributed by atoms with Gasteiger partial charge in [0.25, 0.3) is 0 Å². The smallest absolute Gasteiger partial charge is 0.0299 e. The van der Waals surface area contributed by atoms with Crippen LogP contribution in [0.25, 0.3) is 0 Å². The Morgan fingerprint density at radius 1 is 1.23 bits per heavy atom. The lowest BCUT2D eigenvalue weighted by molar-refractivity contribution is 0.514. The summed E-state index contributed by atoms with van der Waals surface area (Å²) >= 11 is 0. The Bertz CT molecular complexity index is 249. The Balaban J connectivity index is 5.01. The fourth-order valence-electron chi connectivity index (χ4n) is 1.29. The van der Waals surface area contributed by atoms with Crippen LogP contribution in [0.1, 0.15) is 27.7 Å². The van der Waals surface area contributed by atoms with E-state index in [2.05, 4.69) is 38.9 Å². The van der Waals surface area contributed by atoms with Gasteiger partial charge >= 0.3 is 0 Å². The summed E-state index contributed by atoms with van der Waals surface area (Å²) in [5, 5.41) is 0. The molecule has 13 heavy (non-hydrogen) atoms. The molecule has 1 nitrogen and oxygen atoms in total. The summed E-state index contributed by atoms with van der Waals surface area (Å²) in [6.07, 6.45) is 5.24. The summed E-state index contributed by atoms with van der Waals surface area (Å²) in [4.78, 5) is 3.99. The first-order valence-electron chi connectivity index (χ1n) is 4.41. The van der Waals surface area contributed by atoms with Crippen molar-refractivity contribution in [1.29, 1.82) is 0 Å². The molecule has 0 unspecified atom stereocenters. The molecule has 0 radical (unpaired) electrons. The largest absolute Gasteiger partial charge is 0.265 e. The van der Waals surface area contributed by atoms with Crippen molar-refractivity contribution in [2.75, 3.05) is 0 Å². The molecular formula is C12H19N. The zero-order chi connectivity index (χ0) is 10.5. The van der Waals surface area contributed by atoms with E-state index < -0.39 is 0 Å². The molecule has 1 heteroatoms. The van der Waals surface area contributed by atoms with Crippen LogP contribution in [0.2, 0.25) is 0 Å². The van der Waals surface area contributed by atoms with Gasteiger partial charge in [-0.15, -0.1) is 0 Å². The number of nitrogens with zero attached hydrogens (tertiary/aromatic N) is 1. The first-order valence-corrected chi connectivity index (χ1v) is 4.41. The lowest BCUT2D eigenvalue weighted by Crippen LogP contribution is -2.09. The van der Waals surface area contributed by atoms with Gasteiger partial charge in [0, 0.05) is 12.4 Å². The molecule has 72 valence electrons. The zero-order valence-electron chi connectivity index (χ0n) is 9.09. The number of hydrogen-bond acceptors (Lipinski definition) is 1. The first kappa shape index (κ1) is 11.9. The minimum absolute atomic E-state index is 0.124. The minimum atomic E-state index is 0.124. The predicted octanol–water partition coefficient (Wildman–Crippen LogP) is 3.75. The Morgan fingerprint density at radius 3 is 2.08 bits per heavy atom. The SMILES string of the molecule is C=CN=C/C(C)=C(\C=C)C(C)(C)C. The highest BCUT2D eigenvalue weighted by atomic mass is 14.7. The maximum atomic E-state index is 3.99. The maximum Gasteiger partial charge on any atom is 0.0299 e. The van der Waals surface area contributed by atoms with E-state index in [0.29, 0.717) is 0 Å². The van der Waals surface area contributed by atoms with Crippen LogP contribution in [0.4, 0.5) is 0 Å². The third-order valence-electron chi connectivity index (χ3n) is 1.81. The summed E-state index contributed by atoms with van der Waals surface area (Å²) in [5.74, 6) is 0. The van der Waals surface area contributed by atoms with E-state index in [1.54, 1.807) is 0 Å². The fraction of sp³-hybridized carbons (Fsp3) is 0.417. The van der Waals surface area contributed by atoms with Crippen molar-refractivity contribution in [2.45, 2.75) is 27.7 Å². The molecule has 0 fully saturated rings. The Hall–Kier alpha value is -1.11. The van der Waals surface area contributed by atoms with E-state index in [0.717, 1.165) is 5.57 Å². The summed E-state index contributed by atoms with van der Waals surface area (Å²) in [6.45, 7) is 15.9. The molecule has 0 aliphatic rings. The van der Waals surface area contributed by atoms with Crippen LogP contribution < -0.4 is 0 Å². The van der Waals surface area contributed by atoms with Crippen LogP contribution in [0.5, 0.6) is 0 Å². The average molecular weight is 177 g/mol. The van der Waals surface area contributed by atoms with E-state index >= 15 is 0 Å². The van der Waals surface area contributed by atoms with Gasteiger partial charge in [-0.3, -0.25) is 4.99 Å². The van der Waals surface area contributed by atoms with E-state index in [1.807, 2.05) is 19.2 Å². The third-order valence-corrected chi connectivity index (χ3v) is 1.81. The van der Waals surface area contributed by atoms with Crippen molar-refractivity contribution in [3.05, 3.63) is 36.6 Å². The highest BCUT2D eigenvalue weighted by Gasteiger charge is 2.15. The average Bonchev–Trinajstić information content (AvgIpc) is 1.99. The highest BCUT2D eigenvalue weighted by Crippen LogP contribution is 2.28. The van der Waals surface area contributed by atoms with E-state index in [-0.39, 0.29) is 5.41 Å². The van der Waals surface area contributed by atoms with Gasteiger partial charge in [-0.05, 0) is 23.5 Å². The first-order chi connectivity index (χ1) is 5.93. The third kappa shape index (κ3) is 3.88. The van der Waals surface area contributed by atoms with Crippen molar-refractivity contribution >= 4 is 6.21 Å². The molecule has 0 aromatic heterocycles. The number of aliphatic imine (C=N–C) groups is 1. The molecule has 0 aliphatic carbocycles. The number of rotatable bonds is 3. The monoisotopic (exact) mass is 177 g/mol. The van der Waals surface area contributed by atoms with Gasteiger partial charge in [0.15, 0.2) is 0 Å². The van der Waals surface area contributed by atoms with Crippen LogP contribution in [0.3, 0.4) is 0 Å². The maximum absolute atomic E-state index is 3.99. The highest BCUT2D eigenvalue weighted by molar-refractivity contribution is 5.80.